The number of para-hydroxylation sites is 2. The molecular formula is C15H14N4O5. The average Bonchev–Trinajstić information content (AvgIpc) is 2.54. The maximum atomic E-state index is 12.3. The van der Waals surface area contributed by atoms with Gasteiger partial charge in [-0.2, -0.15) is 0 Å². The minimum atomic E-state index is -0.886. The molecule has 124 valence electrons. The van der Waals surface area contributed by atoms with Gasteiger partial charge in [0.1, 0.15) is 0 Å². The van der Waals surface area contributed by atoms with E-state index in [4.69, 9.17) is 0 Å². The van der Waals surface area contributed by atoms with Crippen LogP contribution in [0.1, 0.15) is 10.4 Å². The predicted octanol–water partition coefficient (Wildman–Crippen LogP) is 2.82. The fourth-order valence-corrected chi connectivity index (χ4v) is 2.13. The first-order valence-corrected chi connectivity index (χ1v) is 6.82. The Balaban J connectivity index is 2.36. The molecule has 2 aromatic carbocycles. The van der Waals surface area contributed by atoms with E-state index in [1.54, 1.807) is 23.1 Å². The van der Waals surface area contributed by atoms with Gasteiger partial charge in [0, 0.05) is 31.8 Å². The lowest BCUT2D eigenvalue weighted by Gasteiger charge is -2.17. The normalized spacial score (nSPS) is 10.1. The number of nitrogens with zero attached hydrogens (tertiary/aromatic N) is 3. The molecule has 24 heavy (non-hydrogen) atoms. The van der Waals surface area contributed by atoms with E-state index in [0.717, 1.165) is 17.8 Å². The van der Waals surface area contributed by atoms with Gasteiger partial charge in [-0.3, -0.25) is 25.0 Å². The second-order valence-electron chi connectivity index (χ2n) is 5.08. The summed E-state index contributed by atoms with van der Waals surface area (Å²) in [4.78, 5) is 34.2. The fraction of sp³-hybridized carbons (Fsp3) is 0.133. The highest BCUT2D eigenvalue weighted by Gasteiger charge is 2.25. The zero-order chi connectivity index (χ0) is 17.9. The number of rotatable bonds is 5. The molecule has 1 amide bonds. The zero-order valence-corrected chi connectivity index (χ0v) is 12.9. The fourth-order valence-electron chi connectivity index (χ4n) is 2.13. The van der Waals surface area contributed by atoms with Crippen molar-refractivity contribution >= 4 is 28.7 Å². The van der Waals surface area contributed by atoms with E-state index in [-0.39, 0.29) is 5.56 Å². The van der Waals surface area contributed by atoms with Crippen LogP contribution < -0.4 is 10.2 Å². The first kappa shape index (κ1) is 16.9. The number of carbonyl (C=O) groups excluding carboxylic acids is 1. The molecule has 9 nitrogen and oxygen atoms in total. The summed E-state index contributed by atoms with van der Waals surface area (Å²) in [7, 11) is 3.61. The summed E-state index contributed by atoms with van der Waals surface area (Å²) in [5.74, 6) is -0.595. The second-order valence-corrected chi connectivity index (χ2v) is 5.08. The molecule has 0 bridgehead atoms. The number of benzene rings is 2. The smallest absolute Gasteiger partial charge is 0.346 e. The summed E-state index contributed by atoms with van der Waals surface area (Å²) in [5.41, 5.74) is -0.157. The lowest BCUT2D eigenvalue weighted by Crippen LogP contribution is -2.16. The number of anilines is 2. The van der Waals surface area contributed by atoms with Crippen molar-refractivity contribution in [3.63, 3.8) is 0 Å². The molecule has 0 aliphatic rings. The number of nitro groups is 2. The number of amides is 1. The third kappa shape index (κ3) is 3.46. The summed E-state index contributed by atoms with van der Waals surface area (Å²) in [6.07, 6.45) is 0. The summed E-state index contributed by atoms with van der Waals surface area (Å²) in [5, 5.41) is 24.4. The van der Waals surface area contributed by atoms with E-state index in [1.807, 2.05) is 20.2 Å². The molecule has 0 heterocycles. The molecular weight excluding hydrogens is 316 g/mol. The third-order valence-corrected chi connectivity index (χ3v) is 3.27. The van der Waals surface area contributed by atoms with Crippen molar-refractivity contribution in [3.05, 3.63) is 68.3 Å². The molecule has 0 aliphatic heterocycles. The Morgan fingerprint density at radius 1 is 1.00 bits per heavy atom. The van der Waals surface area contributed by atoms with Crippen LogP contribution in [0.25, 0.3) is 0 Å². The van der Waals surface area contributed by atoms with Gasteiger partial charge in [-0.25, -0.2) is 0 Å². The van der Waals surface area contributed by atoms with Crippen LogP contribution >= 0.6 is 0 Å². The highest BCUT2D eigenvalue weighted by atomic mass is 16.6. The van der Waals surface area contributed by atoms with Gasteiger partial charge in [-0.15, -0.1) is 0 Å². The van der Waals surface area contributed by atoms with Crippen LogP contribution in [-0.4, -0.2) is 29.8 Å². The van der Waals surface area contributed by atoms with Crippen molar-refractivity contribution in [2.75, 3.05) is 24.3 Å². The van der Waals surface area contributed by atoms with Crippen LogP contribution in [0, 0.1) is 20.2 Å². The van der Waals surface area contributed by atoms with Crippen molar-refractivity contribution in [3.8, 4) is 0 Å². The van der Waals surface area contributed by atoms with E-state index in [9.17, 15) is 25.0 Å². The number of nitrogens with one attached hydrogen (secondary N) is 1. The molecule has 0 aliphatic carbocycles. The Kier molecular flexibility index (Phi) is 4.73. The molecule has 2 rings (SSSR count). The average molecular weight is 330 g/mol. The molecule has 0 saturated carbocycles. The van der Waals surface area contributed by atoms with Gasteiger partial charge in [0.25, 0.3) is 5.91 Å². The van der Waals surface area contributed by atoms with Gasteiger partial charge in [-0.1, -0.05) is 12.1 Å². The minimum absolute atomic E-state index is 0.0409. The van der Waals surface area contributed by atoms with E-state index in [0.29, 0.717) is 5.69 Å². The molecule has 2 aromatic rings. The SMILES string of the molecule is CN(C)c1ccccc1NC(=O)c1ccc([N+](=O)[O-])c([N+](=O)[O-])c1. The predicted molar refractivity (Wildman–Crippen MR) is 88.5 cm³/mol. The van der Waals surface area contributed by atoms with Gasteiger partial charge in [0.2, 0.25) is 0 Å². The first-order chi connectivity index (χ1) is 11.3. The number of nitro benzene ring substituents is 2. The van der Waals surface area contributed by atoms with Crippen molar-refractivity contribution < 1.29 is 14.6 Å². The van der Waals surface area contributed by atoms with Gasteiger partial charge >= 0.3 is 11.4 Å². The van der Waals surface area contributed by atoms with Crippen LogP contribution in [0.15, 0.2) is 42.5 Å². The van der Waals surface area contributed by atoms with E-state index in [1.165, 1.54) is 6.07 Å². The molecule has 0 unspecified atom stereocenters. The highest BCUT2D eigenvalue weighted by Crippen LogP contribution is 2.29. The molecule has 1 N–H and O–H groups in total. The van der Waals surface area contributed by atoms with E-state index < -0.39 is 27.1 Å². The lowest BCUT2D eigenvalue weighted by atomic mass is 10.1. The Bertz CT molecular complexity index is 819. The molecule has 0 spiro atoms. The second kappa shape index (κ2) is 6.73. The maximum absolute atomic E-state index is 12.3. The largest absolute Gasteiger partial charge is 0.376 e. The Labute approximate surface area is 136 Å². The number of hydrogen-bond acceptors (Lipinski definition) is 6. The van der Waals surface area contributed by atoms with Crippen molar-refractivity contribution in [2.45, 2.75) is 0 Å². The Morgan fingerprint density at radius 2 is 1.62 bits per heavy atom. The zero-order valence-electron chi connectivity index (χ0n) is 12.9. The molecule has 9 heteroatoms. The van der Waals surface area contributed by atoms with Gasteiger partial charge in [-0.05, 0) is 18.2 Å². The molecule has 0 aromatic heterocycles. The van der Waals surface area contributed by atoms with Gasteiger partial charge in [0.15, 0.2) is 0 Å². The van der Waals surface area contributed by atoms with E-state index in [2.05, 4.69) is 5.32 Å². The highest BCUT2D eigenvalue weighted by molar-refractivity contribution is 6.06. The van der Waals surface area contributed by atoms with Crippen molar-refractivity contribution in [1.82, 2.24) is 0 Å². The first-order valence-electron chi connectivity index (χ1n) is 6.82. The minimum Gasteiger partial charge on any atom is -0.376 e. The number of carbonyl (C=O) groups is 1. The molecule has 0 atom stereocenters. The summed E-state index contributed by atoms with van der Waals surface area (Å²) in [6, 6.07) is 10.1. The van der Waals surface area contributed by atoms with Crippen LogP contribution in [0.3, 0.4) is 0 Å². The van der Waals surface area contributed by atoms with Crippen LogP contribution in [0.5, 0.6) is 0 Å². The van der Waals surface area contributed by atoms with Gasteiger partial charge in [0.05, 0.1) is 21.2 Å². The van der Waals surface area contributed by atoms with Crippen molar-refractivity contribution in [1.29, 1.82) is 0 Å². The van der Waals surface area contributed by atoms with Crippen LogP contribution in [0.2, 0.25) is 0 Å². The number of hydrogen-bond donors (Lipinski definition) is 1. The monoisotopic (exact) mass is 330 g/mol. The topological polar surface area (TPSA) is 119 Å². The third-order valence-electron chi connectivity index (χ3n) is 3.27. The summed E-state index contributed by atoms with van der Waals surface area (Å²) >= 11 is 0. The lowest BCUT2D eigenvalue weighted by molar-refractivity contribution is -0.422. The van der Waals surface area contributed by atoms with Gasteiger partial charge < -0.3 is 10.2 Å². The summed E-state index contributed by atoms with van der Waals surface area (Å²) in [6.45, 7) is 0. The molecule has 0 fully saturated rings. The van der Waals surface area contributed by atoms with Crippen LogP contribution in [0.4, 0.5) is 22.7 Å². The summed E-state index contributed by atoms with van der Waals surface area (Å²) < 4.78 is 0. The quantitative estimate of drug-likeness (QED) is 0.665. The molecule has 0 radical (unpaired) electrons. The van der Waals surface area contributed by atoms with E-state index >= 15 is 0 Å². The standard InChI is InChI=1S/C15H14N4O5/c1-17(2)12-6-4-3-5-11(12)16-15(20)10-7-8-13(18(21)22)14(9-10)19(23)24/h3-9H,1-2H3,(H,16,20). The maximum Gasteiger partial charge on any atom is 0.346 e. The molecule has 0 saturated heterocycles. The van der Waals surface area contributed by atoms with Crippen molar-refractivity contribution in [2.24, 2.45) is 0 Å². The van der Waals surface area contributed by atoms with Crippen LogP contribution in [-0.2, 0) is 0 Å². The Morgan fingerprint density at radius 3 is 2.21 bits per heavy atom. The Hall–Kier alpha value is -3.49.